The minimum atomic E-state index is -0.209. The number of nitrogens with zero attached hydrogens (tertiary/aromatic N) is 4. The van der Waals surface area contributed by atoms with Crippen LogP contribution in [0.4, 0.5) is 0 Å². The Morgan fingerprint density at radius 1 is 1.25 bits per heavy atom. The van der Waals surface area contributed by atoms with Crippen molar-refractivity contribution in [2.24, 2.45) is 0 Å². The molecule has 1 atom stereocenters. The predicted molar refractivity (Wildman–Crippen MR) is 89.9 cm³/mol. The Kier molecular flexibility index (Phi) is 4.22. The van der Waals surface area contributed by atoms with Crippen molar-refractivity contribution < 1.29 is 9.53 Å². The van der Waals surface area contributed by atoms with Gasteiger partial charge >= 0.3 is 0 Å². The Bertz CT molecular complexity index is 728. The van der Waals surface area contributed by atoms with Gasteiger partial charge < -0.3 is 9.64 Å². The van der Waals surface area contributed by atoms with E-state index in [0.29, 0.717) is 5.92 Å². The summed E-state index contributed by atoms with van der Waals surface area (Å²) in [7, 11) is 0. The van der Waals surface area contributed by atoms with Gasteiger partial charge in [-0.1, -0.05) is 0 Å². The highest BCUT2D eigenvalue weighted by Gasteiger charge is 2.30. The van der Waals surface area contributed by atoms with E-state index in [-0.39, 0.29) is 12.0 Å². The van der Waals surface area contributed by atoms with Crippen LogP contribution in [0.5, 0.6) is 0 Å². The van der Waals surface area contributed by atoms with Crippen molar-refractivity contribution in [3.05, 3.63) is 29.7 Å². The summed E-state index contributed by atoms with van der Waals surface area (Å²) in [6.07, 6.45) is 6.76. The van der Waals surface area contributed by atoms with Gasteiger partial charge in [0.15, 0.2) is 5.65 Å². The Morgan fingerprint density at radius 3 is 2.83 bits per heavy atom. The summed E-state index contributed by atoms with van der Waals surface area (Å²) in [5.41, 5.74) is 3.00. The van der Waals surface area contributed by atoms with Crippen LogP contribution < -0.4 is 0 Å². The second-order valence-corrected chi connectivity index (χ2v) is 6.90. The van der Waals surface area contributed by atoms with Gasteiger partial charge in [0.05, 0.1) is 5.69 Å². The molecule has 0 N–H and O–H groups in total. The molecule has 0 bridgehead atoms. The van der Waals surface area contributed by atoms with Crippen molar-refractivity contribution >= 4 is 11.6 Å². The Hall–Kier alpha value is -1.95. The smallest absolute Gasteiger partial charge is 0.251 e. The third-order valence-corrected chi connectivity index (χ3v) is 5.15. The van der Waals surface area contributed by atoms with Gasteiger partial charge in [0.2, 0.25) is 0 Å². The number of aromatic nitrogens is 3. The van der Waals surface area contributed by atoms with Crippen LogP contribution in [0.3, 0.4) is 0 Å². The molecular weight excluding hydrogens is 304 g/mol. The molecule has 0 spiro atoms. The van der Waals surface area contributed by atoms with Crippen molar-refractivity contribution in [3.63, 3.8) is 0 Å². The standard InChI is InChI=1S/C18H24N4O2/c1-13-12-17-19-15(7-10-22(17)20-13)14-5-8-21(9-6-14)18(23)16-4-2-3-11-24-16/h7,10,12,14,16H,2-6,8-9,11H2,1H3/t16-/m0/s1. The third kappa shape index (κ3) is 3.02. The van der Waals surface area contributed by atoms with E-state index in [1.807, 2.05) is 28.6 Å². The Balaban J connectivity index is 1.40. The van der Waals surface area contributed by atoms with Gasteiger partial charge in [0.25, 0.3) is 5.91 Å². The fraction of sp³-hybridized carbons (Fsp3) is 0.611. The van der Waals surface area contributed by atoms with Crippen LogP contribution in [0.1, 0.15) is 49.4 Å². The summed E-state index contributed by atoms with van der Waals surface area (Å²) in [5, 5.41) is 4.37. The quantitative estimate of drug-likeness (QED) is 0.849. The number of likely N-dealkylation sites (tertiary alicyclic amines) is 1. The van der Waals surface area contributed by atoms with E-state index in [2.05, 4.69) is 11.2 Å². The Morgan fingerprint density at radius 2 is 2.08 bits per heavy atom. The van der Waals surface area contributed by atoms with E-state index in [9.17, 15) is 4.79 Å². The molecule has 0 saturated carbocycles. The largest absolute Gasteiger partial charge is 0.368 e. The molecule has 0 aliphatic carbocycles. The fourth-order valence-electron chi connectivity index (χ4n) is 3.77. The summed E-state index contributed by atoms with van der Waals surface area (Å²) in [6, 6.07) is 4.06. The number of aryl methyl sites for hydroxylation is 1. The fourth-order valence-corrected chi connectivity index (χ4v) is 3.77. The molecule has 2 aromatic rings. The van der Waals surface area contributed by atoms with Crippen molar-refractivity contribution in [2.45, 2.75) is 51.0 Å². The van der Waals surface area contributed by atoms with E-state index in [4.69, 9.17) is 9.72 Å². The molecule has 2 aromatic heterocycles. The molecule has 4 heterocycles. The summed E-state index contributed by atoms with van der Waals surface area (Å²) in [5.74, 6) is 0.601. The lowest BCUT2D eigenvalue weighted by molar-refractivity contribution is -0.147. The lowest BCUT2D eigenvalue weighted by Gasteiger charge is -2.34. The summed E-state index contributed by atoms with van der Waals surface area (Å²) < 4.78 is 7.46. The van der Waals surface area contributed by atoms with E-state index >= 15 is 0 Å². The molecule has 24 heavy (non-hydrogen) atoms. The van der Waals surface area contributed by atoms with Crippen molar-refractivity contribution in [1.29, 1.82) is 0 Å². The minimum absolute atomic E-state index is 0.183. The zero-order valence-corrected chi connectivity index (χ0v) is 14.1. The maximum absolute atomic E-state index is 12.5. The predicted octanol–water partition coefficient (Wildman–Crippen LogP) is 2.31. The summed E-state index contributed by atoms with van der Waals surface area (Å²) >= 11 is 0. The number of hydrogen-bond donors (Lipinski definition) is 0. The monoisotopic (exact) mass is 328 g/mol. The normalized spacial score (nSPS) is 22.9. The molecule has 1 amide bonds. The van der Waals surface area contributed by atoms with E-state index in [0.717, 1.165) is 68.8 Å². The van der Waals surface area contributed by atoms with Gasteiger partial charge in [-0.3, -0.25) is 4.79 Å². The van der Waals surface area contributed by atoms with Crippen LogP contribution in [0.2, 0.25) is 0 Å². The van der Waals surface area contributed by atoms with Gasteiger partial charge in [-0.15, -0.1) is 0 Å². The van der Waals surface area contributed by atoms with Crippen LogP contribution in [0, 0.1) is 6.92 Å². The van der Waals surface area contributed by atoms with E-state index in [1.54, 1.807) is 0 Å². The molecule has 2 aliphatic heterocycles. The zero-order chi connectivity index (χ0) is 16.5. The molecule has 0 unspecified atom stereocenters. The van der Waals surface area contributed by atoms with Crippen LogP contribution in [0.15, 0.2) is 18.3 Å². The molecule has 128 valence electrons. The van der Waals surface area contributed by atoms with Crippen molar-refractivity contribution in [2.75, 3.05) is 19.7 Å². The van der Waals surface area contributed by atoms with Crippen LogP contribution in [-0.2, 0) is 9.53 Å². The number of piperidine rings is 1. The lowest BCUT2D eigenvalue weighted by atomic mass is 9.92. The molecule has 2 aliphatic rings. The molecule has 2 saturated heterocycles. The molecule has 4 rings (SSSR count). The van der Waals surface area contributed by atoms with Gasteiger partial charge in [-0.2, -0.15) is 5.10 Å². The number of amides is 1. The molecule has 0 radical (unpaired) electrons. The molecule has 0 aromatic carbocycles. The van der Waals surface area contributed by atoms with Crippen LogP contribution in [0.25, 0.3) is 5.65 Å². The summed E-state index contributed by atoms with van der Waals surface area (Å²) in [6.45, 7) is 4.30. The zero-order valence-electron chi connectivity index (χ0n) is 14.1. The summed E-state index contributed by atoms with van der Waals surface area (Å²) in [4.78, 5) is 19.3. The average Bonchev–Trinajstić information content (AvgIpc) is 3.01. The molecule has 2 fully saturated rings. The van der Waals surface area contributed by atoms with Crippen molar-refractivity contribution in [1.82, 2.24) is 19.5 Å². The number of rotatable bonds is 2. The first-order valence-electron chi connectivity index (χ1n) is 8.94. The molecular formula is C18H24N4O2. The van der Waals surface area contributed by atoms with Gasteiger partial charge in [0, 0.05) is 43.6 Å². The molecule has 6 heteroatoms. The highest BCUT2D eigenvalue weighted by molar-refractivity contribution is 5.81. The second-order valence-electron chi connectivity index (χ2n) is 6.90. The van der Waals surface area contributed by atoms with Crippen molar-refractivity contribution in [3.8, 4) is 0 Å². The maximum atomic E-state index is 12.5. The first-order chi connectivity index (χ1) is 11.7. The lowest BCUT2D eigenvalue weighted by Crippen LogP contribution is -2.45. The third-order valence-electron chi connectivity index (χ3n) is 5.15. The van der Waals surface area contributed by atoms with Gasteiger partial charge in [0.1, 0.15) is 6.10 Å². The molecule has 6 nitrogen and oxygen atoms in total. The SMILES string of the molecule is Cc1cc2nc(C3CCN(C(=O)[C@@H]4CCCCO4)CC3)ccn2n1. The highest BCUT2D eigenvalue weighted by atomic mass is 16.5. The van der Waals surface area contributed by atoms with Gasteiger partial charge in [-0.05, 0) is 45.1 Å². The van der Waals surface area contributed by atoms with Gasteiger partial charge in [-0.25, -0.2) is 9.50 Å². The van der Waals surface area contributed by atoms with E-state index in [1.165, 1.54) is 0 Å². The average molecular weight is 328 g/mol. The van der Waals surface area contributed by atoms with E-state index < -0.39 is 0 Å². The van der Waals surface area contributed by atoms with Crippen LogP contribution >= 0.6 is 0 Å². The second kappa shape index (κ2) is 6.51. The number of hydrogen-bond acceptors (Lipinski definition) is 4. The van der Waals surface area contributed by atoms with Crippen LogP contribution in [-0.4, -0.2) is 51.2 Å². The first kappa shape index (κ1) is 15.6. The Labute approximate surface area is 141 Å². The number of carbonyl (C=O) groups is 1. The number of ether oxygens (including phenoxy) is 1. The number of carbonyl (C=O) groups excluding carboxylic acids is 1. The topological polar surface area (TPSA) is 59.7 Å². The number of fused-ring (bicyclic) bond motifs is 1. The first-order valence-corrected chi connectivity index (χ1v) is 8.94. The maximum Gasteiger partial charge on any atom is 0.251 e. The highest BCUT2D eigenvalue weighted by Crippen LogP contribution is 2.28. The minimum Gasteiger partial charge on any atom is -0.368 e.